The summed E-state index contributed by atoms with van der Waals surface area (Å²) in [6.45, 7) is 7.49. The molecule has 2 amide bonds. The van der Waals surface area contributed by atoms with Gasteiger partial charge in [0.15, 0.2) is 0 Å². The van der Waals surface area contributed by atoms with E-state index in [0.717, 1.165) is 28.6 Å². The van der Waals surface area contributed by atoms with E-state index in [1.807, 2.05) is 20.8 Å². The Kier molecular flexibility index (Phi) is 11.1. The molecular weight excluding hydrogens is 569 g/mol. The molecule has 41 heavy (non-hydrogen) atoms. The van der Waals surface area contributed by atoms with E-state index in [9.17, 15) is 22.4 Å². The van der Waals surface area contributed by atoms with Crippen LogP contribution in [0, 0.1) is 11.7 Å². The summed E-state index contributed by atoms with van der Waals surface area (Å²) in [5.74, 6) is -0.892. The summed E-state index contributed by atoms with van der Waals surface area (Å²) in [5.41, 5.74) is 0.792. The lowest BCUT2D eigenvalue weighted by Crippen LogP contribution is -2.51. The largest absolute Gasteiger partial charge is 0.494 e. The van der Waals surface area contributed by atoms with Crippen molar-refractivity contribution in [1.29, 1.82) is 0 Å². The molecule has 0 unspecified atom stereocenters. The summed E-state index contributed by atoms with van der Waals surface area (Å²) in [6, 6.07) is 16.6. The van der Waals surface area contributed by atoms with Gasteiger partial charge in [0.2, 0.25) is 11.8 Å². The first-order valence-electron chi connectivity index (χ1n) is 13.3. The van der Waals surface area contributed by atoms with Gasteiger partial charge in [-0.3, -0.25) is 13.9 Å². The lowest BCUT2D eigenvalue weighted by atomic mass is 10.1. The molecule has 0 aliphatic heterocycles. The highest BCUT2D eigenvalue weighted by Gasteiger charge is 2.33. The van der Waals surface area contributed by atoms with E-state index in [0.29, 0.717) is 29.5 Å². The molecule has 0 saturated carbocycles. The van der Waals surface area contributed by atoms with E-state index < -0.39 is 34.3 Å². The molecule has 8 nitrogen and oxygen atoms in total. The van der Waals surface area contributed by atoms with Gasteiger partial charge in [-0.1, -0.05) is 43.6 Å². The van der Waals surface area contributed by atoms with Gasteiger partial charge in [-0.25, -0.2) is 12.8 Å². The molecule has 0 aliphatic rings. The van der Waals surface area contributed by atoms with E-state index in [1.54, 1.807) is 43.3 Å². The standard InChI is InChI=1S/C30H35ClFN3O5S/c1-5-40-26-14-12-25(13-15-26)35(41(38,39)27-16-10-24(32)11-17-27)20-29(36)34(19-23-8-6-7-9-28(23)31)22(4)30(37)33-18-21(2)3/h6-17,21-22H,5,18-20H2,1-4H3,(H,33,37)/t22-/m1/s1. The van der Waals surface area contributed by atoms with Crippen LogP contribution in [-0.2, 0) is 26.2 Å². The molecule has 1 atom stereocenters. The minimum absolute atomic E-state index is 0.0253. The van der Waals surface area contributed by atoms with Crippen LogP contribution in [0.4, 0.5) is 10.1 Å². The van der Waals surface area contributed by atoms with Gasteiger partial charge in [0, 0.05) is 18.1 Å². The van der Waals surface area contributed by atoms with E-state index in [-0.39, 0.29) is 29.0 Å². The highest BCUT2D eigenvalue weighted by molar-refractivity contribution is 7.92. The summed E-state index contributed by atoms with van der Waals surface area (Å²) in [5, 5.41) is 3.24. The Labute approximate surface area is 246 Å². The van der Waals surface area contributed by atoms with Crippen molar-refractivity contribution in [2.75, 3.05) is 24.0 Å². The number of benzene rings is 3. The molecule has 0 heterocycles. The zero-order chi connectivity index (χ0) is 30.2. The molecule has 0 fully saturated rings. The number of hydrogen-bond acceptors (Lipinski definition) is 5. The number of amides is 2. The van der Waals surface area contributed by atoms with Gasteiger partial charge >= 0.3 is 0 Å². The Balaban J connectivity index is 2.03. The number of nitrogens with zero attached hydrogens (tertiary/aromatic N) is 2. The Hall–Kier alpha value is -3.63. The van der Waals surface area contributed by atoms with E-state index in [1.165, 1.54) is 17.0 Å². The van der Waals surface area contributed by atoms with Crippen LogP contribution in [0.3, 0.4) is 0 Å². The van der Waals surface area contributed by atoms with E-state index in [2.05, 4.69) is 5.32 Å². The Morgan fingerprint density at radius 3 is 2.20 bits per heavy atom. The number of halogens is 2. The topological polar surface area (TPSA) is 96.0 Å². The molecule has 0 aromatic heterocycles. The van der Waals surface area contributed by atoms with Crippen LogP contribution in [0.2, 0.25) is 5.02 Å². The second kappa shape index (κ2) is 14.3. The maximum absolute atomic E-state index is 13.9. The normalized spacial score (nSPS) is 12.1. The quantitative estimate of drug-likeness (QED) is 0.287. The lowest BCUT2D eigenvalue weighted by molar-refractivity contribution is -0.139. The maximum Gasteiger partial charge on any atom is 0.264 e. The predicted octanol–water partition coefficient (Wildman–Crippen LogP) is 5.26. The van der Waals surface area contributed by atoms with Crippen LogP contribution in [0.5, 0.6) is 5.75 Å². The zero-order valence-electron chi connectivity index (χ0n) is 23.5. The minimum Gasteiger partial charge on any atom is -0.494 e. The number of anilines is 1. The smallest absolute Gasteiger partial charge is 0.264 e. The fourth-order valence-corrected chi connectivity index (χ4v) is 5.59. The van der Waals surface area contributed by atoms with Crippen LogP contribution in [0.25, 0.3) is 0 Å². The molecule has 0 aliphatic carbocycles. The first-order chi connectivity index (χ1) is 19.4. The molecule has 1 N–H and O–H groups in total. The summed E-state index contributed by atoms with van der Waals surface area (Å²) in [4.78, 5) is 28.1. The fraction of sp³-hybridized carbons (Fsp3) is 0.333. The van der Waals surface area contributed by atoms with Crippen molar-refractivity contribution >= 4 is 39.1 Å². The summed E-state index contributed by atoms with van der Waals surface area (Å²) in [6.07, 6.45) is 0. The Bertz CT molecular complexity index is 1430. The summed E-state index contributed by atoms with van der Waals surface area (Å²) in [7, 11) is -4.32. The third-order valence-electron chi connectivity index (χ3n) is 6.27. The number of sulfonamides is 1. The first-order valence-corrected chi connectivity index (χ1v) is 15.1. The van der Waals surface area contributed by atoms with Crippen molar-refractivity contribution in [2.45, 2.75) is 45.2 Å². The third-order valence-corrected chi connectivity index (χ3v) is 8.42. The maximum atomic E-state index is 13.9. The van der Waals surface area contributed by atoms with Crippen molar-refractivity contribution < 1.29 is 27.1 Å². The van der Waals surface area contributed by atoms with Crippen LogP contribution >= 0.6 is 11.6 Å². The Morgan fingerprint density at radius 1 is 0.976 bits per heavy atom. The number of carbonyl (C=O) groups is 2. The van der Waals surface area contributed by atoms with Gasteiger partial charge < -0.3 is 15.0 Å². The van der Waals surface area contributed by atoms with Crippen molar-refractivity contribution in [3.8, 4) is 5.75 Å². The van der Waals surface area contributed by atoms with Gasteiger partial charge in [-0.2, -0.15) is 0 Å². The molecule has 3 aromatic carbocycles. The van der Waals surface area contributed by atoms with E-state index >= 15 is 0 Å². The third kappa shape index (κ3) is 8.43. The highest BCUT2D eigenvalue weighted by atomic mass is 35.5. The fourth-order valence-electron chi connectivity index (χ4n) is 3.98. The van der Waals surface area contributed by atoms with Crippen molar-refractivity contribution in [2.24, 2.45) is 5.92 Å². The van der Waals surface area contributed by atoms with Gasteiger partial charge in [0.05, 0.1) is 17.2 Å². The molecule has 220 valence electrons. The first kappa shape index (κ1) is 31.9. The van der Waals surface area contributed by atoms with Crippen molar-refractivity contribution in [3.63, 3.8) is 0 Å². The average molecular weight is 604 g/mol. The molecule has 0 bridgehead atoms. The van der Waals surface area contributed by atoms with Crippen LogP contribution in [0.1, 0.15) is 33.3 Å². The van der Waals surface area contributed by atoms with Crippen molar-refractivity contribution in [1.82, 2.24) is 10.2 Å². The van der Waals surface area contributed by atoms with Crippen LogP contribution in [0.15, 0.2) is 77.7 Å². The number of carbonyl (C=O) groups excluding carboxylic acids is 2. The highest BCUT2D eigenvalue weighted by Crippen LogP contribution is 2.27. The van der Waals surface area contributed by atoms with Gasteiger partial charge in [0.1, 0.15) is 24.2 Å². The van der Waals surface area contributed by atoms with Crippen LogP contribution in [-0.4, -0.2) is 50.9 Å². The van der Waals surface area contributed by atoms with Gasteiger partial charge in [0.25, 0.3) is 10.0 Å². The zero-order valence-corrected chi connectivity index (χ0v) is 25.1. The lowest BCUT2D eigenvalue weighted by Gasteiger charge is -2.32. The van der Waals surface area contributed by atoms with Gasteiger partial charge in [-0.05, 0) is 79.9 Å². The van der Waals surface area contributed by atoms with Gasteiger partial charge in [-0.15, -0.1) is 0 Å². The second-order valence-corrected chi connectivity index (χ2v) is 12.1. The molecule has 0 radical (unpaired) electrons. The van der Waals surface area contributed by atoms with Crippen molar-refractivity contribution in [3.05, 3.63) is 89.2 Å². The molecule has 0 spiro atoms. The molecule has 11 heteroatoms. The minimum atomic E-state index is -4.32. The monoisotopic (exact) mass is 603 g/mol. The van der Waals surface area contributed by atoms with Crippen LogP contribution < -0.4 is 14.4 Å². The summed E-state index contributed by atoms with van der Waals surface area (Å²) < 4.78 is 47.6. The predicted molar refractivity (Wildman–Crippen MR) is 158 cm³/mol. The number of ether oxygens (including phenoxy) is 1. The molecule has 0 saturated heterocycles. The second-order valence-electron chi connectivity index (χ2n) is 9.82. The average Bonchev–Trinajstić information content (AvgIpc) is 2.94. The number of hydrogen-bond donors (Lipinski definition) is 1. The Morgan fingerprint density at radius 2 is 1.61 bits per heavy atom. The summed E-state index contributed by atoms with van der Waals surface area (Å²) >= 11 is 6.38. The number of rotatable bonds is 13. The number of nitrogens with one attached hydrogen (secondary N) is 1. The molecule has 3 rings (SSSR count). The SMILES string of the molecule is CCOc1ccc(N(CC(=O)N(Cc2ccccc2Cl)[C@H](C)C(=O)NCC(C)C)S(=O)(=O)c2ccc(F)cc2)cc1. The molecular formula is C30H35ClFN3O5S. The van der Waals surface area contributed by atoms with E-state index in [4.69, 9.17) is 16.3 Å². The molecule has 3 aromatic rings.